The minimum Gasteiger partial charge on any atom is -0.475 e. The van der Waals surface area contributed by atoms with E-state index in [1.54, 1.807) is 18.5 Å². The largest absolute Gasteiger partial charge is 0.490 e. The molecular formula is C22H24F8N4O5. The number of aromatic nitrogens is 2. The summed E-state index contributed by atoms with van der Waals surface area (Å²) < 4.78 is 98.8. The molecule has 1 spiro atoms. The summed E-state index contributed by atoms with van der Waals surface area (Å²) in [5, 5.41) is 14.2. The lowest BCUT2D eigenvalue weighted by Gasteiger charge is -2.45. The maximum atomic E-state index is 14.9. The van der Waals surface area contributed by atoms with Gasteiger partial charge in [-0.05, 0) is 31.5 Å². The summed E-state index contributed by atoms with van der Waals surface area (Å²) in [6.45, 7) is 4.07. The van der Waals surface area contributed by atoms with Crippen LogP contribution in [0, 0.1) is 12.3 Å². The van der Waals surface area contributed by atoms with Crippen molar-refractivity contribution >= 4 is 17.9 Å². The SMILES string of the molecule is Cc1ccc(CN2CCC(F)(F)C3(CCN(c4ncccn4)C3)C2)o1.O=C(O)C(F)(F)F.O=C(O)C(F)(F)F. The van der Waals surface area contributed by atoms with E-state index < -0.39 is 35.6 Å². The maximum Gasteiger partial charge on any atom is 0.490 e. The van der Waals surface area contributed by atoms with E-state index in [1.807, 2.05) is 24.0 Å². The van der Waals surface area contributed by atoms with Crippen LogP contribution in [-0.4, -0.2) is 81.5 Å². The minimum absolute atomic E-state index is 0.115. The molecule has 0 radical (unpaired) electrons. The van der Waals surface area contributed by atoms with Crippen molar-refractivity contribution in [3.05, 3.63) is 42.1 Å². The third-order valence-corrected chi connectivity index (χ3v) is 5.89. The number of furan rings is 1. The number of carboxylic acids is 2. The molecule has 2 aromatic heterocycles. The Kier molecular flexibility index (Phi) is 9.86. The van der Waals surface area contributed by atoms with Crippen LogP contribution in [0.3, 0.4) is 0 Å². The highest BCUT2D eigenvalue weighted by Gasteiger charge is 2.59. The van der Waals surface area contributed by atoms with Crippen molar-refractivity contribution in [1.82, 2.24) is 14.9 Å². The van der Waals surface area contributed by atoms with E-state index in [9.17, 15) is 35.1 Å². The number of anilines is 1. The Hall–Kier alpha value is -3.50. The number of halogens is 8. The molecule has 0 saturated carbocycles. The van der Waals surface area contributed by atoms with Crippen molar-refractivity contribution in [1.29, 1.82) is 0 Å². The molecule has 0 aromatic carbocycles. The van der Waals surface area contributed by atoms with Gasteiger partial charge in [0.1, 0.15) is 11.5 Å². The van der Waals surface area contributed by atoms with Crippen LogP contribution < -0.4 is 4.90 Å². The topological polar surface area (TPSA) is 120 Å². The predicted molar refractivity (Wildman–Crippen MR) is 117 cm³/mol. The molecule has 2 N–H and O–H groups in total. The van der Waals surface area contributed by atoms with Gasteiger partial charge in [0, 0.05) is 45.0 Å². The smallest absolute Gasteiger partial charge is 0.475 e. The first kappa shape index (κ1) is 31.7. The van der Waals surface area contributed by atoms with Crippen molar-refractivity contribution in [2.45, 2.75) is 44.6 Å². The van der Waals surface area contributed by atoms with Gasteiger partial charge in [0.25, 0.3) is 5.92 Å². The standard InChI is InChI=1S/C18H22F2N4O.2C2HF3O2/c1-14-3-4-15(25-14)11-23-9-6-18(19,20)17(12-23)5-10-24(13-17)16-21-7-2-8-22-16;2*3-2(4,5)1(6)7/h2-4,7-8H,5-6,9-13H2,1H3;2*(H,6,7). The third kappa shape index (κ3) is 8.76. The Morgan fingerprint density at radius 3 is 1.95 bits per heavy atom. The Bertz CT molecular complexity index is 1090. The Morgan fingerprint density at radius 1 is 0.949 bits per heavy atom. The second-order valence-corrected chi connectivity index (χ2v) is 8.78. The zero-order valence-electron chi connectivity index (χ0n) is 20.3. The molecular weight excluding hydrogens is 552 g/mol. The second-order valence-electron chi connectivity index (χ2n) is 8.78. The Labute approximate surface area is 216 Å². The van der Waals surface area contributed by atoms with Crippen molar-refractivity contribution in [3.63, 3.8) is 0 Å². The number of aryl methyl sites for hydroxylation is 1. The van der Waals surface area contributed by atoms with Gasteiger partial charge in [-0.25, -0.2) is 28.3 Å². The van der Waals surface area contributed by atoms with Crippen molar-refractivity contribution in [2.24, 2.45) is 5.41 Å². The normalized spacial score (nSPS) is 21.0. The lowest BCUT2D eigenvalue weighted by atomic mass is 9.75. The molecule has 0 amide bonds. The molecule has 2 aliphatic heterocycles. The molecule has 2 fully saturated rings. The summed E-state index contributed by atoms with van der Waals surface area (Å²) in [7, 11) is 0. The Morgan fingerprint density at radius 2 is 1.49 bits per heavy atom. The number of piperidine rings is 1. The molecule has 2 aromatic rings. The number of hydrogen-bond acceptors (Lipinski definition) is 7. The zero-order chi connectivity index (χ0) is 29.6. The summed E-state index contributed by atoms with van der Waals surface area (Å²) in [6, 6.07) is 5.57. The van der Waals surface area contributed by atoms with Gasteiger partial charge in [0.2, 0.25) is 5.95 Å². The lowest BCUT2D eigenvalue weighted by molar-refractivity contribution is -0.193. The average molecular weight is 576 g/mol. The highest BCUT2D eigenvalue weighted by atomic mass is 19.4. The molecule has 17 heteroatoms. The summed E-state index contributed by atoms with van der Waals surface area (Å²) in [5.74, 6) is -5.97. The van der Waals surface area contributed by atoms with Crippen LogP contribution in [0.1, 0.15) is 24.4 Å². The van der Waals surface area contributed by atoms with Gasteiger partial charge in [-0.1, -0.05) is 0 Å². The zero-order valence-corrected chi connectivity index (χ0v) is 20.3. The minimum atomic E-state index is -5.08. The number of rotatable bonds is 3. The maximum absolute atomic E-state index is 14.9. The van der Waals surface area contributed by atoms with Crippen LogP contribution in [0.25, 0.3) is 0 Å². The van der Waals surface area contributed by atoms with Crippen molar-refractivity contribution < 1.29 is 59.3 Å². The summed E-state index contributed by atoms with van der Waals surface area (Å²) in [6.07, 6.45) is -6.53. The van der Waals surface area contributed by atoms with Gasteiger partial charge in [0.05, 0.1) is 12.0 Å². The molecule has 4 rings (SSSR count). The molecule has 4 heterocycles. The van der Waals surface area contributed by atoms with E-state index in [2.05, 4.69) is 14.9 Å². The number of carbonyl (C=O) groups is 2. The highest BCUT2D eigenvalue weighted by Crippen LogP contribution is 2.50. The van der Waals surface area contributed by atoms with E-state index in [4.69, 9.17) is 24.2 Å². The van der Waals surface area contributed by atoms with Crippen LogP contribution in [0.15, 0.2) is 35.0 Å². The van der Waals surface area contributed by atoms with Crippen LogP contribution in [0.5, 0.6) is 0 Å². The summed E-state index contributed by atoms with van der Waals surface area (Å²) in [4.78, 5) is 30.2. The molecule has 1 unspecified atom stereocenters. The number of hydrogen-bond donors (Lipinski definition) is 2. The van der Waals surface area contributed by atoms with Crippen LogP contribution in [0.4, 0.5) is 41.1 Å². The van der Waals surface area contributed by atoms with E-state index in [1.165, 1.54) is 0 Å². The fraction of sp³-hybridized carbons (Fsp3) is 0.545. The van der Waals surface area contributed by atoms with Gasteiger partial charge >= 0.3 is 24.3 Å². The molecule has 218 valence electrons. The van der Waals surface area contributed by atoms with Gasteiger partial charge in [-0.3, -0.25) is 4.90 Å². The van der Waals surface area contributed by atoms with Gasteiger partial charge in [0.15, 0.2) is 0 Å². The molecule has 1 atom stereocenters. The lowest BCUT2D eigenvalue weighted by Crippen LogP contribution is -2.56. The van der Waals surface area contributed by atoms with Gasteiger partial charge < -0.3 is 19.5 Å². The van der Waals surface area contributed by atoms with E-state index >= 15 is 0 Å². The number of likely N-dealkylation sites (tertiary alicyclic amines) is 1. The summed E-state index contributed by atoms with van der Waals surface area (Å²) >= 11 is 0. The van der Waals surface area contributed by atoms with Gasteiger partial charge in [-0.15, -0.1) is 0 Å². The molecule has 2 saturated heterocycles. The quantitative estimate of drug-likeness (QED) is 0.513. The third-order valence-electron chi connectivity index (χ3n) is 5.89. The number of aliphatic carboxylic acids is 2. The molecule has 39 heavy (non-hydrogen) atoms. The van der Waals surface area contributed by atoms with Crippen LogP contribution in [-0.2, 0) is 16.1 Å². The first-order valence-corrected chi connectivity index (χ1v) is 11.1. The molecule has 0 bridgehead atoms. The first-order chi connectivity index (χ1) is 17.9. The van der Waals surface area contributed by atoms with E-state index in [-0.39, 0.29) is 13.0 Å². The fourth-order valence-electron chi connectivity index (χ4n) is 4.04. The monoisotopic (exact) mass is 576 g/mol. The second kappa shape index (κ2) is 12.1. The molecule has 9 nitrogen and oxygen atoms in total. The van der Waals surface area contributed by atoms with Gasteiger partial charge in [-0.2, -0.15) is 26.3 Å². The number of alkyl halides is 8. The van der Waals surface area contributed by atoms with Crippen molar-refractivity contribution in [3.8, 4) is 0 Å². The molecule has 2 aliphatic rings. The van der Waals surface area contributed by atoms with E-state index in [0.717, 1.165) is 11.5 Å². The fourth-order valence-corrected chi connectivity index (χ4v) is 4.04. The summed E-state index contributed by atoms with van der Waals surface area (Å²) in [5.41, 5.74) is -1.05. The molecule has 0 aliphatic carbocycles. The number of carboxylic acid groups (broad SMARTS) is 2. The van der Waals surface area contributed by atoms with E-state index in [0.29, 0.717) is 38.5 Å². The predicted octanol–water partition coefficient (Wildman–Crippen LogP) is 4.38. The number of nitrogens with zero attached hydrogens (tertiary/aromatic N) is 4. The van der Waals surface area contributed by atoms with Crippen molar-refractivity contribution in [2.75, 3.05) is 31.1 Å². The van der Waals surface area contributed by atoms with Crippen LogP contribution >= 0.6 is 0 Å². The first-order valence-electron chi connectivity index (χ1n) is 11.1. The van der Waals surface area contributed by atoms with Crippen LogP contribution in [0.2, 0.25) is 0 Å². The average Bonchev–Trinajstić information content (AvgIpc) is 3.44. The Balaban J connectivity index is 0.000000317. The highest BCUT2D eigenvalue weighted by molar-refractivity contribution is 5.73.